The molecule has 0 spiro atoms. The van der Waals surface area contributed by atoms with Crippen LogP contribution in [0.15, 0.2) is 24.3 Å². The van der Waals surface area contributed by atoms with E-state index in [1.165, 1.54) is 16.7 Å². The Morgan fingerprint density at radius 2 is 2.26 bits per heavy atom. The number of carbonyl (C=O) groups excluding carboxylic acids is 1. The van der Waals surface area contributed by atoms with Crippen LogP contribution < -0.4 is 10.1 Å². The van der Waals surface area contributed by atoms with Crippen LogP contribution in [0.25, 0.3) is 5.57 Å². The highest BCUT2D eigenvalue weighted by atomic mass is 16.5. The van der Waals surface area contributed by atoms with Crippen LogP contribution in [-0.2, 0) is 11.2 Å². The second-order valence-electron chi connectivity index (χ2n) is 4.81. The van der Waals surface area contributed by atoms with E-state index in [2.05, 4.69) is 23.5 Å². The maximum atomic E-state index is 11.4. The van der Waals surface area contributed by atoms with Crippen LogP contribution in [0.2, 0.25) is 0 Å². The van der Waals surface area contributed by atoms with Crippen LogP contribution in [0.4, 0.5) is 0 Å². The van der Waals surface area contributed by atoms with Gasteiger partial charge in [-0.2, -0.15) is 0 Å². The van der Waals surface area contributed by atoms with Gasteiger partial charge in [-0.3, -0.25) is 4.79 Å². The number of nitrogens with one attached hydrogen (secondary N) is 1. The summed E-state index contributed by atoms with van der Waals surface area (Å²) in [6.45, 7) is 2.73. The van der Waals surface area contributed by atoms with E-state index < -0.39 is 0 Å². The summed E-state index contributed by atoms with van der Waals surface area (Å²) in [5, 5.41) is 2.96. The molecule has 1 aliphatic carbocycles. The number of methoxy groups -OCH3 is 1. The SMILES string of the molecule is CCCC(=O)NCCC1=CCc2ccc(OC)cc21. The van der Waals surface area contributed by atoms with Crippen molar-refractivity contribution in [1.82, 2.24) is 5.32 Å². The van der Waals surface area contributed by atoms with Gasteiger partial charge in [0, 0.05) is 13.0 Å². The van der Waals surface area contributed by atoms with Crippen LogP contribution >= 0.6 is 0 Å². The molecular formula is C16H21NO2. The maximum Gasteiger partial charge on any atom is 0.219 e. The first-order valence-corrected chi connectivity index (χ1v) is 6.87. The molecule has 3 heteroatoms. The van der Waals surface area contributed by atoms with E-state index in [9.17, 15) is 4.79 Å². The lowest BCUT2D eigenvalue weighted by Gasteiger charge is -2.09. The zero-order valence-corrected chi connectivity index (χ0v) is 11.7. The largest absolute Gasteiger partial charge is 0.497 e. The fraction of sp³-hybridized carbons (Fsp3) is 0.438. The van der Waals surface area contributed by atoms with Crippen molar-refractivity contribution in [2.75, 3.05) is 13.7 Å². The number of fused-ring (bicyclic) bond motifs is 1. The van der Waals surface area contributed by atoms with Gasteiger partial charge in [0.2, 0.25) is 5.91 Å². The van der Waals surface area contributed by atoms with Gasteiger partial charge in [-0.25, -0.2) is 0 Å². The average Bonchev–Trinajstić information content (AvgIpc) is 2.81. The van der Waals surface area contributed by atoms with E-state index in [-0.39, 0.29) is 5.91 Å². The smallest absolute Gasteiger partial charge is 0.219 e. The van der Waals surface area contributed by atoms with Crippen LogP contribution in [0.3, 0.4) is 0 Å². The normalized spacial score (nSPS) is 12.8. The van der Waals surface area contributed by atoms with Gasteiger partial charge in [-0.05, 0) is 48.1 Å². The molecule has 2 rings (SSSR count). The Kier molecular flexibility index (Phi) is 4.61. The Bertz CT molecular complexity index is 492. The Morgan fingerprint density at radius 1 is 1.42 bits per heavy atom. The van der Waals surface area contributed by atoms with Crippen molar-refractivity contribution in [2.45, 2.75) is 32.6 Å². The molecule has 102 valence electrons. The van der Waals surface area contributed by atoms with Gasteiger partial charge < -0.3 is 10.1 Å². The fourth-order valence-corrected chi connectivity index (χ4v) is 2.39. The van der Waals surface area contributed by atoms with Crippen molar-refractivity contribution in [2.24, 2.45) is 0 Å². The first kappa shape index (κ1) is 13.7. The van der Waals surface area contributed by atoms with Crippen LogP contribution in [0.5, 0.6) is 5.75 Å². The summed E-state index contributed by atoms with van der Waals surface area (Å²) in [6, 6.07) is 6.20. The zero-order chi connectivity index (χ0) is 13.7. The Balaban J connectivity index is 1.92. The molecular weight excluding hydrogens is 238 g/mol. The van der Waals surface area contributed by atoms with Gasteiger partial charge in [0.05, 0.1) is 7.11 Å². The van der Waals surface area contributed by atoms with E-state index in [0.717, 1.165) is 25.0 Å². The third kappa shape index (κ3) is 3.37. The topological polar surface area (TPSA) is 38.3 Å². The van der Waals surface area contributed by atoms with E-state index in [0.29, 0.717) is 13.0 Å². The summed E-state index contributed by atoms with van der Waals surface area (Å²) >= 11 is 0. The number of rotatable bonds is 6. The van der Waals surface area contributed by atoms with E-state index in [4.69, 9.17) is 4.74 Å². The second-order valence-corrected chi connectivity index (χ2v) is 4.81. The Morgan fingerprint density at radius 3 is 3.00 bits per heavy atom. The molecule has 0 unspecified atom stereocenters. The molecule has 1 N–H and O–H groups in total. The summed E-state index contributed by atoms with van der Waals surface area (Å²) in [5.74, 6) is 1.04. The summed E-state index contributed by atoms with van der Waals surface area (Å²) in [4.78, 5) is 11.4. The van der Waals surface area contributed by atoms with Crippen molar-refractivity contribution < 1.29 is 9.53 Å². The number of benzene rings is 1. The zero-order valence-electron chi connectivity index (χ0n) is 11.7. The van der Waals surface area contributed by atoms with Gasteiger partial charge in [-0.1, -0.05) is 19.1 Å². The highest BCUT2D eigenvalue weighted by molar-refractivity contribution is 5.77. The van der Waals surface area contributed by atoms with Gasteiger partial charge in [-0.15, -0.1) is 0 Å². The van der Waals surface area contributed by atoms with E-state index >= 15 is 0 Å². The van der Waals surface area contributed by atoms with Crippen molar-refractivity contribution in [1.29, 1.82) is 0 Å². The fourth-order valence-electron chi connectivity index (χ4n) is 2.39. The summed E-state index contributed by atoms with van der Waals surface area (Å²) in [6.07, 6.45) is 5.63. The van der Waals surface area contributed by atoms with Gasteiger partial charge in [0.15, 0.2) is 0 Å². The standard InChI is InChI=1S/C16H21NO2/c1-3-4-16(18)17-10-9-13-6-5-12-7-8-14(19-2)11-15(12)13/h6-8,11H,3-5,9-10H2,1-2H3,(H,17,18). The van der Waals surface area contributed by atoms with Gasteiger partial charge in [0.1, 0.15) is 5.75 Å². The highest BCUT2D eigenvalue weighted by Crippen LogP contribution is 2.32. The number of ether oxygens (including phenoxy) is 1. The summed E-state index contributed by atoms with van der Waals surface area (Å²) in [7, 11) is 1.69. The minimum absolute atomic E-state index is 0.145. The average molecular weight is 259 g/mol. The number of carbonyl (C=O) groups is 1. The maximum absolute atomic E-state index is 11.4. The molecule has 1 aromatic carbocycles. The number of allylic oxidation sites excluding steroid dienone is 1. The number of hydrogen-bond acceptors (Lipinski definition) is 2. The first-order valence-electron chi connectivity index (χ1n) is 6.87. The molecule has 1 aliphatic rings. The van der Waals surface area contributed by atoms with E-state index in [1.54, 1.807) is 7.11 Å². The quantitative estimate of drug-likeness (QED) is 0.853. The molecule has 3 nitrogen and oxygen atoms in total. The molecule has 0 saturated carbocycles. The predicted octanol–water partition coefficient (Wildman–Crippen LogP) is 2.94. The molecule has 0 aliphatic heterocycles. The number of hydrogen-bond donors (Lipinski definition) is 1. The van der Waals surface area contributed by atoms with Gasteiger partial charge >= 0.3 is 0 Å². The Labute approximate surface area is 114 Å². The van der Waals surface area contributed by atoms with Crippen molar-refractivity contribution in [3.05, 3.63) is 35.4 Å². The molecule has 0 radical (unpaired) electrons. The van der Waals surface area contributed by atoms with Gasteiger partial charge in [0.25, 0.3) is 0 Å². The highest BCUT2D eigenvalue weighted by Gasteiger charge is 2.14. The molecule has 0 saturated heterocycles. The first-order chi connectivity index (χ1) is 9.24. The van der Waals surface area contributed by atoms with Crippen LogP contribution in [0.1, 0.15) is 37.3 Å². The van der Waals surface area contributed by atoms with Crippen LogP contribution in [-0.4, -0.2) is 19.6 Å². The van der Waals surface area contributed by atoms with Crippen molar-refractivity contribution in [3.8, 4) is 5.75 Å². The molecule has 1 amide bonds. The molecule has 0 atom stereocenters. The monoisotopic (exact) mass is 259 g/mol. The lowest BCUT2D eigenvalue weighted by atomic mass is 10.0. The molecule has 0 bridgehead atoms. The molecule has 0 aromatic heterocycles. The van der Waals surface area contributed by atoms with E-state index in [1.807, 2.05) is 13.0 Å². The summed E-state index contributed by atoms with van der Waals surface area (Å²) in [5.41, 5.74) is 3.92. The van der Waals surface area contributed by atoms with Crippen molar-refractivity contribution >= 4 is 11.5 Å². The lowest BCUT2D eigenvalue weighted by molar-refractivity contribution is -0.121. The lowest BCUT2D eigenvalue weighted by Crippen LogP contribution is -2.23. The molecule has 0 heterocycles. The molecule has 1 aromatic rings. The third-order valence-electron chi connectivity index (χ3n) is 3.42. The summed E-state index contributed by atoms with van der Waals surface area (Å²) < 4.78 is 5.27. The Hall–Kier alpha value is -1.77. The second kappa shape index (κ2) is 6.41. The molecule has 0 fully saturated rings. The van der Waals surface area contributed by atoms with Crippen LogP contribution in [0, 0.1) is 0 Å². The third-order valence-corrected chi connectivity index (χ3v) is 3.42. The number of amides is 1. The predicted molar refractivity (Wildman–Crippen MR) is 77.2 cm³/mol. The minimum Gasteiger partial charge on any atom is -0.497 e. The molecule has 19 heavy (non-hydrogen) atoms. The minimum atomic E-state index is 0.145. The van der Waals surface area contributed by atoms with Crippen molar-refractivity contribution in [3.63, 3.8) is 0 Å².